The van der Waals surface area contributed by atoms with Gasteiger partial charge >= 0.3 is 0 Å². The Morgan fingerprint density at radius 1 is 1.32 bits per heavy atom. The largest absolute Gasteiger partial charge is 0.494 e. The van der Waals surface area contributed by atoms with Crippen LogP contribution in [0.5, 0.6) is 5.75 Å². The fraction of sp³-hybridized carbons (Fsp3) is 0.278. The molecule has 0 saturated heterocycles. The second-order valence-electron chi connectivity index (χ2n) is 5.59. The number of amides is 1. The topological polar surface area (TPSA) is 68.5 Å². The van der Waals surface area contributed by atoms with Gasteiger partial charge in [0.05, 0.1) is 13.2 Å². The maximum Gasteiger partial charge on any atom is 0.273 e. The van der Waals surface area contributed by atoms with Crippen LogP contribution in [0.15, 0.2) is 40.2 Å². The number of aromatic nitrogens is 2. The first-order valence-electron chi connectivity index (χ1n) is 7.93. The van der Waals surface area contributed by atoms with Crippen molar-refractivity contribution in [2.24, 2.45) is 0 Å². The van der Waals surface area contributed by atoms with Gasteiger partial charge in [0.15, 0.2) is 0 Å². The first-order valence-corrected chi connectivity index (χ1v) is 8.81. The zero-order valence-electron chi connectivity index (χ0n) is 14.4. The lowest BCUT2D eigenvalue weighted by atomic mass is 10.2. The van der Waals surface area contributed by atoms with Gasteiger partial charge in [0.25, 0.3) is 5.91 Å². The van der Waals surface area contributed by atoms with Crippen molar-refractivity contribution < 1.29 is 14.1 Å². The molecule has 0 N–H and O–H groups in total. The number of rotatable bonds is 6. The Bertz CT molecular complexity index is 855. The van der Waals surface area contributed by atoms with E-state index < -0.39 is 0 Å². The van der Waals surface area contributed by atoms with Gasteiger partial charge in [0, 0.05) is 24.1 Å². The molecular formula is C18H19N3O3S. The van der Waals surface area contributed by atoms with Crippen molar-refractivity contribution in [3.8, 4) is 16.3 Å². The molecule has 0 aliphatic rings. The first-order chi connectivity index (χ1) is 12.1. The number of ether oxygens (including phenoxy) is 1. The molecule has 130 valence electrons. The summed E-state index contributed by atoms with van der Waals surface area (Å²) in [6.07, 6.45) is 0. The fourth-order valence-electron chi connectivity index (χ4n) is 2.37. The van der Waals surface area contributed by atoms with E-state index in [9.17, 15) is 4.79 Å². The number of hydrogen-bond acceptors (Lipinski definition) is 6. The number of carbonyl (C=O) groups is 1. The van der Waals surface area contributed by atoms with Gasteiger partial charge < -0.3 is 14.2 Å². The zero-order valence-corrected chi connectivity index (χ0v) is 15.2. The summed E-state index contributed by atoms with van der Waals surface area (Å²) in [5, 5.41) is 6.49. The highest BCUT2D eigenvalue weighted by atomic mass is 32.1. The maximum absolute atomic E-state index is 12.5. The molecular weight excluding hydrogens is 338 g/mol. The molecule has 1 aromatic carbocycles. The Morgan fingerprint density at radius 3 is 2.72 bits per heavy atom. The lowest BCUT2D eigenvalue weighted by molar-refractivity contribution is 0.0777. The van der Waals surface area contributed by atoms with Crippen LogP contribution < -0.4 is 4.74 Å². The predicted octanol–water partition coefficient (Wildman–Crippen LogP) is 3.78. The van der Waals surface area contributed by atoms with Gasteiger partial charge in [0.1, 0.15) is 27.9 Å². The summed E-state index contributed by atoms with van der Waals surface area (Å²) >= 11 is 1.44. The number of hydrogen-bond donors (Lipinski definition) is 0. The summed E-state index contributed by atoms with van der Waals surface area (Å²) < 4.78 is 10.5. The molecule has 7 heteroatoms. The summed E-state index contributed by atoms with van der Waals surface area (Å²) in [5.41, 5.74) is 2.11. The molecule has 0 unspecified atom stereocenters. The lowest BCUT2D eigenvalue weighted by Crippen LogP contribution is -2.26. The molecule has 6 nitrogen and oxygen atoms in total. The van der Waals surface area contributed by atoms with E-state index >= 15 is 0 Å². The van der Waals surface area contributed by atoms with E-state index in [1.54, 1.807) is 17.3 Å². The van der Waals surface area contributed by atoms with Crippen LogP contribution in [-0.2, 0) is 6.54 Å². The maximum atomic E-state index is 12.5. The minimum Gasteiger partial charge on any atom is -0.494 e. The van der Waals surface area contributed by atoms with Crippen LogP contribution in [-0.4, -0.2) is 34.6 Å². The van der Waals surface area contributed by atoms with Crippen LogP contribution in [0.2, 0.25) is 0 Å². The average Bonchev–Trinajstić information content (AvgIpc) is 3.24. The van der Waals surface area contributed by atoms with Crippen molar-refractivity contribution in [2.75, 3.05) is 13.7 Å². The number of thiazole rings is 1. The van der Waals surface area contributed by atoms with Gasteiger partial charge in [-0.15, -0.1) is 11.3 Å². The Kier molecular flexibility index (Phi) is 5.14. The van der Waals surface area contributed by atoms with Crippen molar-refractivity contribution in [1.29, 1.82) is 0 Å². The second kappa shape index (κ2) is 7.48. The molecule has 2 heterocycles. The third-order valence-electron chi connectivity index (χ3n) is 3.56. The van der Waals surface area contributed by atoms with Crippen LogP contribution in [0.25, 0.3) is 10.6 Å². The molecule has 3 aromatic rings. The van der Waals surface area contributed by atoms with Crippen LogP contribution in [0, 0.1) is 6.92 Å². The number of carbonyl (C=O) groups excluding carboxylic acids is 1. The molecule has 3 rings (SSSR count). The smallest absolute Gasteiger partial charge is 0.273 e. The monoisotopic (exact) mass is 357 g/mol. The molecule has 0 saturated carbocycles. The third kappa shape index (κ3) is 4.06. The van der Waals surface area contributed by atoms with E-state index in [-0.39, 0.29) is 5.91 Å². The SMILES string of the molecule is CCOc1ccc(-c2nc(C(=O)N(C)Cc3cc(C)on3)cs2)cc1. The Balaban J connectivity index is 1.70. The first kappa shape index (κ1) is 17.2. The molecule has 2 aromatic heterocycles. The Labute approximate surface area is 150 Å². The van der Waals surface area contributed by atoms with Gasteiger partial charge in [-0.2, -0.15) is 0 Å². The van der Waals surface area contributed by atoms with Gasteiger partial charge in [-0.1, -0.05) is 5.16 Å². The molecule has 0 bridgehead atoms. The Hall–Kier alpha value is -2.67. The highest BCUT2D eigenvalue weighted by Crippen LogP contribution is 2.26. The molecule has 0 radical (unpaired) electrons. The third-order valence-corrected chi connectivity index (χ3v) is 4.45. The minimum absolute atomic E-state index is 0.144. The highest BCUT2D eigenvalue weighted by Gasteiger charge is 2.17. The molecule has 0 atom stereocenters. The van der Waals surface area contributed by atoms with E-state index in [2.05, 4.69) is 10.1 Å². The van der Waals surface area contributed by atoms with E-state index in [1.807, 2.05) is 44.2 Å². The molecule has 1 amide bonds. The molecule has 0 spiro atoms. The van der Waals surface area contributed by atoms with Crippen molar-refractivity contribution in [3.05, 3.63) is 52.9 Å². The van der Waals surface area contributed by atoms with E-state index in [0.29, 0.717) is 18.8 Å². The Morgan fingerprint density at radius 2 is 2.08 bits per heavy atom. The second-order valence-corrected chi connectivity index (χ2v) is 6.44. The highest BCUT2D eigenvalue weighted by molar-refractivity contribution is 7.13. The lowest BCUT2D eigenvalue weighted by Gasteiger charge is -2.13. The number of benzene rings is 1. The van der Waals surface area contributed by atoms with Crippen LogP contribution in [0.4, 0.5) is 0 Å². The summed E-state index contributed by atoms with van der Waals surface area (Å²) in [6, 6.07) is 9.51. The predicted molar refractivity (Wildman–Crippen MR) is 95.8 cm³/mol. The van der Waals surface area contributed by atoms with Crippen LogP contribution >= 0.6 is 11.3 Å². The normalized spacial score (nSPS) is 10.7. The summed E-state index contributed by atoms with van der Waals surface area (Å²) in [4.78, 5) is 18.6. The van der Waals surface area contributed by atoms with Gasteiger partial charge in [-0.25, -0.2) is 4.98 Å². The quantitative estimate of drug-likeness (QED) is 0.671. The van der Waals surface area contributed by atoms with Crippen molar-refractivity contribution in [3.63, 3.8) is 0 Å². The van der Waals surface area contributed by atoms with Gasteiger partial charge in [0.2, 0.25) is 0 Å². The van der Waals surface area contributed by atoms with Crippen LogP contribution in [0.1, 0.15) is 28.9 Å². The zero-order chi connectivity index (χ0) is 17.8. The molecule has 25 heavy (non-hydrogen) atoms. The van der Waals surface area contributed by atoms with Crippen molar-refractivity contribution in [1.82, 2.24) is 15.0 Å². The minimum atomic E-state index is -0.144. The van der Waals surface area contributed by atoms with E-state index in [0.717, 1.165) is 27.8 Å². The van der Waals surface area contributed by atoms with Gasteiger partial charge in [-0.05, 0) is 38.1 Å². The fourth-order valence-corrected chi connectivity index (χ4v) is 3.17. The molecule has 0 aliphatic carbocycles. The summed E-state index contributed by atoms with van der Waals surface area (Å²) in [5.74, 6) is 1.40. The van der Waals surface area contributed by atoms with E-state index in [1.165, 1.54) is 11.3 Å². The van der Waals surface area contributed by atoms with Gasteiger partial charge in [-0.3, -0.25) is 4.79 Å². The number of aryl methyl sites for hydroxylation is 1. The summed E-state index contributed by atoms with van der Waals surface area (Å²) in [6.45, 7) is 4.78. The van der Waals surface area contributed by atoms with Crippen LogP contribution in [0.3, 0.4) is 0 Å². The summed E-state index contributed by atoms with van der Waals surface area (Å²) in [7, 11) is 1.72. The molecule has 0 aliphatic heterocycles. The molecule has 0 fully saturated rings. The number of nitrogens with zero attached hydrogens (tertiary/aromatic N) is 3. The van der Waals surface area contributed by atoms with Crippen molar-refractivity contribution in [2.45, 2.75) is 20.4 Å². The van der Waals surface area contributed by atoms with Crippen molar-refractivity contribution >= 4 is 17.2 Å². The average molecular weight is 357 g/mol. The standard InChI is InChI=1S/C18H19N3O3S/c1-4-23-15-7-5-13(6-8-15)17-19-16(11-25-17)18(22)21(3)10-14-9-12(2)24-20-14/h5-9,11H,4,10H2,1-3H3. The van der Waals surface area contributed by atoms with E-state index in [4.69, 9.17) is 9.26 Å².